The minimum Gasteiger partial charge on any atom is -0.508 e. The molecular formula is C17H16O2. The molecule has 2 rings (SSSR count). The molecule has 0 saturated heterocycles. The van der Waals surface area contributed by atoms with Gasteiger partial charge in [-0.25, -0.2) is 0 Å². The molecule has 0 saturated carbocycles. The van der Waals surface area contributed by atoms with Gasteiger partial charge in [-0.3, -0.25) is 0 Å². The summed E-state index contributed by atoms with van der Waals surface area (Å²) in [5, 5.41) is 18.4. The third kappa shape index (κ3) is 3.75. The third-order valence-corrected chi connectivity index (χ3v) is 2.85. The molecule has 0 spiro atoms. The first kappa shape index (κ1) is 13.0. The molecule has 2 aromatic rings. The number of hydrogen-bond acceptors (Lipinski definition) is 2. The van der Waals surface area contributed by atoms with Crippen molar-refractivity contribution in [3.8, 4) is 11.5 Å². The van der Waals surface area contributed by atoms with Crippen LogP contribution in [0.25, 0.3) is 11.6 Å². The maximum Gasteiger partial charge on any atom is 0.115 e. The van der Waals surface area contributed by atoms with Gasteiger partial charge in [0, 0.05) is 0 Å². The lowest BCUT2D eigenvalue weighted by Crippen LogP contribution is -1.77. The van der Waals surface area contributed by atoms with E-state index in [4.69, 9.17) is 0 Å². The summed E-state index contributed by atoms with van der Waals surface area (Å²) in [6.07, 6.45) is 5.96. The average molecular weight is 252 g/mol. The van der Waals surface area contributed by atoms with Crippen LogP contribution in [0.2, 0.25) is 0 Å². The highest BCUT2D eigenvalue weighted by molar-refractivity contribution is 5.67. The smallest absolute Gasteiger partial charge is 0.115 e. The fourth-order valence-electron chi connectivity index (χ4n) is 1.71. The van der Waals surface area contributed by atoms with Gasteiger partial charge in [-0.05, 0) is 47.9 Å². The molecule has 2 aromatic carbocycles. The fraction of sp³-hybridized carbons (Fsp3) is 0.0588. The van der Waals surface area contributed by atoms with E-state index in [1.54, 1.807) is 24.3 Å². The van der Waals surface area contributed by atoms with Crippen molar-refractivity contribution in [2.75, 3.05) is 0 Å². The maximum absolute atomic E-state index is 9.23. The summed E-state index contributed by atoms with van der Waals surface area (Å²) >= 11 is 0. The van der Waals surface area contributed by atoms with Crippen molar-refractivity contribution in [2.24, 2.45) is 0 Å². The highest BCUT2D eigenvalue weighted by atomic mass is 16.3. The van der Waals surface area contributed by atoms with E-state index in [0.29, 0.717) is 0 Å². The van der Waals surface area contributed by atoms with Gasteiger partial charge in [0.1, 0.15) is 11.5 Å². The number of benzene rings is 2. The molecule has 0 aliphatic carbocycles. The molecule has 0 aliphatic rings. The molecule has 96 valence electrons. The van der Waals surface area contributed by atoms with E-state index in [1.165, 1.54) is 0 Å². The van der Waals surface area contributed by atoms with E-state index in [9.17, 15) is 10.2 Å². The molecule has 0 heterocycles. The van der Waals surface area contributed by atoms with Gasteiger partial charge >= 0.3 is 0 Å². The molecule has 0 unspecified atom stereocenters. The Balaban J connectivity index is 2.09. The lowest BCUT2D eigenvalue weighted by molar-refractivity contribution is 0.474. The predicted octanol–water partition coefficient (Wildman–Crippen LogP) is 4.21. The average Bonchev–Trinajstić information content (AvgIpc) is 2.41. The Morgan fingerprint density at radius 2 is 1.37 bits per heavy atom. The second kappa shape index (κ2) is 5.91. The van der Waals surface area contributed by atoms with E-state index in [1.807, 2.05) is 49.4 Å². The van der Waals surface area contributed by atoms with E-state index < -0.39 is 0 Å². The summed E-state index contributed by atoms with van der Waals surface area (Å²) in [4.78, 5) is 0. The number of aromatic hydroxyl groups is 2. The SMILES string of the molecule is CC(=CC=Cc1ccc(O)cc1)c1ccc(O)cc1. The minimum atomic E-state index is 0.271. The highest BCUT2D eigenvalue weighted by Crippen LogP contribution is 2.18. The quantitative estimate of drug-likeness (QED) is 0.803. The Kier molecular flexibility index (Phi) is 4.04. The summed E-state index contributed by atoms with van der Waals surface area (Å²) in [5.41, 5.74) is 3.23. The number of phenolic OH excluding ortho intramolecular Hbond substituents is 2. The van der Waals surface area contributed by atoms with Gasteiger partial charge in [0.15, 0.2) is 0 Å². The molecule has 0 radical (unpaired) electrons. The van der Waals surface area contributed by atoms with Crippen LogP contribution in [0.4, 0.5) is 0 Å². The largest absolute Gasteiger partial charge is 0.508 e. The Bertz CT molecular complexity index is 590. The van der Waals surface area contributed by atoms with Crippen molar-refractivity contribution in [2.45, 2.75) is 6.92 Å². The molecule has 0 bridgehead atoms. The van der Waals surface area contributed by atoms with Crippen LogP contribution in [0, 0.1) is 0 Å². The molecule has 2 nitrogen and oxygen atoms in total. The number of phenols is 2. The number of rotatable bonds is 3. The van der Waals surface area contributed by atoms with Crippen LogP contribution >= 0.6 is 0 Å². The van der Waals surface area contributed by atoms with Crippen molar-refractivity contribution in [1.29, 1.82) is 0 Å². The van der Waals surface area contributed by atoms with E-state index in [-0.39, 0.29) is 11.5 Å². The maximum atomic E-state index is 9.23. The fourth-order valence-corrected chi connectivity index (χ4v) is 1.71. The van der Waals surface area contributed by atoms with Crippen LogP contribution in [0.5, 0.6) is 11.5 Å². The lowest BCUT2D eigenvalue weighted by atomic mass is 10.1. The topological polar surface area (TPSA) is 40.5 Å². The Morgan fingerprint density at radius 1 is 0.842 bits per heavy atom. The van der Waals surface area contributed by atoms with Crippen molar-refractivity contribution >= 4 is 11.6 Å². The van der Waals surface area contributed by atoms with Crippen LogP contribution in [0.3, 0.4) is 0 Å². The first-order valence-corrected chi connectivity index (χ1v) is 6.08. The van der Waals surface area contributed by atoms with Crippen molar-refractivity contribution < 1.29 is 10.2 Å². The summed E-state index contributed by atoms with van der Waals surface area (Å²) in [6, 6.07) is 14.2. The minimum absolute atomic E-state index is 0.271. The second-order valence-corrected chi connectivity index (χ2v) is 4.35. The van der Waals surface area contributed by atoms with Crippen LogP contribution < -0.4 is 0 Å². The van der Waals surface area contributed by atoms with Gasteiger partial charge in [-0.1, -0.05) is 42.5 Å². The van der Waals surface area contributed by atoms with Gasteiger partial charge < -0.3 is 10.2 Å². The summed E-state index contributed by atoms with van der Waals surface area (Å²) in [5.74, 6) is 0.546. The first-order chi connectivity index (χ1) is 9.15. The summed E-state index contributed by atoms with van der Waals surface area (Å²) in [6.45, 7) is 2.02. The molecule has 0 amide bonds. The van der Waals surface area contributed by atoms with Crippen LogP contribution in [0.15, 0.2) is 60.7 Å². The molecule has 0 aromatic heterocycles. The number of allylic oxidation sites excluding steroid dienone is 3. The van der Waals surface area contributed by atoms with Crippen LogP contribution in [-0.4, -0.2) is 10.2 Å². The Labute approximate surface area is 113 Å². The standard InChI is InChI=1S/C17H16O2/c1-13(15-7-11-17(19)12-8-15)3-2-4-14-5-9-16(18)10-6-14/h2-12,18-19H,1H3. The van der Waals surface area contributed by atoms with Crippen LogP contribution in [-0.2, 0) is 0 Å². The number of hydrogen-bond donors (Lipinski definition) is 2. The second-order valence-electron chi connectivity index (χ2n) is 4.35. The molecule has 2 N–H and O–H groups in total. The Morgan fingerprint density at radius 3 is 1.95 bits per heavy atom. The predicted molar refractivity (Wildman–Crippen MR) is 78.9 cm³/mol. The molecular weight excluding hydrogens is 236 g/mol. The molecule has 0 aliphatic heterocycles. The molecule has 19 heavy (non-hydrogen) atoms. The van der Waals surface area contributed by atoms with Gasteiger partial charge in [0.25, 0.3) is 0 Å². The van der Waals surface area contributed by atoms with Crippen molar-refractivity contribution in [3.63, 3.8) is 0 Å². The van der Waals surface area contributed by atoms with Gasteiger partial charge in [0.05, 0.1) is 0 Å². The van der Waals surface area contributed by atoms with Gasteiger partial charge in [-0.15, -0.1) is 0 Å². The molecule has 2 heteroatoms. The van der Waals surface area contributed by atoms with E-state index >= 15 is 0 Å². The molecule has 0 fully saturated rings. The van der Waals surface area contributed by atoms with Crippen LogP contribution in [0.1, 0.15) is 18.1 Å². The summed E-state index contributed by atoms with van der Waals surface area (Å²) < 4.78 is 0. The zero-order valence-electron chi connectivity index (χ0n) is 10.7. The molecule has 0 atom stereocenters. The highest BCUT2D eigenvalue weighted by Gasteiger charge is 1.94. The zero-order chi connectivity index (χ0) is 13.7. The van der Waals surface area contributed by atoms with E-state index in [0.717, 1.165) is 16.7 Å². The normalized spacial score (nSPS) is 11.9. The van der Waals surface area contributed by atoms with Crippen molar-refractivity contribution in [3.05, 3.63) is 71.8 Å². The summed E-state index contributed by atoms with van der Waals surface area (Å²) in [7, 11) is 0. The van der Waals surface area contributed by atoms with E-state index in [2.05, 4.69) is 0 Å². The third-order valence-electron chi connectivity index (χ3n) is 2.85. The van der Waals surface area contributed by atoms with Gasteiger partial charge in [-0.2, -0.15) is 0 Å². The lowest BCUT2D eigenvalue weighted by Gasteiger charge is -2.00. The monoisotopic (exact) mass is 252 g/mol. The first-order valence-electron chi connectivity index (χ1n) is 6.08. The zero-order valence-corrected chi connectivity index (χ0v) is 10.7. The van der Waals surface area contributed by atoms with Crippen molar-refractivity contribution in [1.82, 2.24) is 0 Å². The Hall–Kier alpha value is -2.48. The van der Waals surface area contributed by atoms with Gasteiger partial charge in [0.2, 0.25) is 0 Å².